The number of nitrogens with one attached hydrogen (secondary N) is 2. The first-order valence-corrected chi connectivity index (χ1v) is 6.77. The first-order chi connectivity index (χ1) is 8.74. The fraction of sp³-hybridized carbons (Fsp3) is 0.692. The minimum absolute atomic E-state index is 0.548. The predicted octanol–water partition coefficient (Wildman–Crippen LogP) is 1.33. The van der Waals surface area contributed by atoms with Gasteiger partial charge in [-0.05, 0) is 38.8 Å². The summed E-state index contributed by atoms with van der Waals surface area (Å²) in [7, 11) is 1.85. The second kappa shape index (κ2) is 4.72. The summed E-state index contributed by atoms with van der Waals surface area (Å²) >= 11 is 0. The minimum Gasteiger partial charge on any atom is -0.366 e. The summed E-state index contributed by atoms with van der Waals surface area (Å²) < 4.78 is 0. The number of rotatable bonds is 3. The van der Waals surface area contributed by atoms with Crippen molar-refractivity contribution in [2.45, 2.75) is 25.8 Å². The van der Waals surface area contributed by atoms with Crippen LogP contribution in [0.2, 0.25) is 0 Å². The molecule has 1 aromatic rings. The van der Waals surface area contributed by atoms with Crippen LogP contribution in [-0.4, -0.2) is 47.6 Å². The molecule has 0 amide bonds. The fourth-order valence-electron chi connectivity index (χ4n) is 3.07. The maximum Gasteiger partial charge on any atom is 0.224 e. The van der Waals surface area contributed by atoms with Crippen LogP contribution in [0.5, 0.6) is 0 Å². The number of aromatic nitrogens is 2. The molecule has 4 heterocycles. The molecule has 0 radical (unpaired) electrons. The molecule has 2 N–H and O–H groups in total. The van der Waals surface area contributed by atoms with E-state index in [4.69, 9.17) is 0 Å². The number of anilines is 2. The quantitative estimate of drug-likeness (QED) is 0.844. The number of hydrogen-bond donors (Lipinski definition) is 2. The summed E-state index contributed by atoms with van der Waals surface area (Å²) in [4.78, 5) is 11.3. The lowest BCUT2D eigenvalue weighted by Gasteiger charge is -2.45. The summed E-state index contributed by atoms with van der Waals surface area (Å²) in [6, 6.07) is 2.57. The van der Waals surface area contributed by atoms with Crippen molar-refractivity contribution >= 4 is 11.8 Å². The smallest absolute Gasteiger partial charge is 0.224 e. The predicted molar refractivity (Wildman–Crippen MR) is 72.9 cm³/mol. The average Bonchev–Trinajstić information content (AvgIpc) is 2.39. The van der Waals surface area contributed by atoms with Gasteiger partial charge in [0.05, 0.1) is 0 Å². The van der Waals surface area contributed by atoms with Crippen LogP contribution in [-0.2, 0) is 0 Å². The van der Waals surface area contributed by atoms with E-state index in [1.54, 1.807) is 0 Å². The molecule has 3 aliphatic rings. The van der Waals surface area contributed by atoms with Gasteiger partial charge >= 0.3 is 0 Å². The second-order valence-electron chi connectivity index (χ2n) is 5.36. The van der Waals surface area contributed by atoms with Gasteiger partial charge in [0, 0.05) is 31.4 Å². The van der Waals surface area contributed by atoms with Gasteiger partial charge in [-0.15, -0.1) is 0 Å². The van der Waals surface area contributed by atoms with Gasteiger partial charge < -0.3 is 15.5 Å². The van der Waals surface area contributed by atoms with Crippen LogP contribution in [0.1, 0.15) is 18.5 Å². The molecule has 4 rings (SSSR count). The highest BCUT2D eigenvalue weighted by Gasteiger charge is 2.34. The van der Waals surface area contributed by atoms with Gasteiger partial charge in [-0.2, -0.15) is 4.98 Å². The monoisotopic (exact) mass is 247 g/mol. The molecule has 0 aliphatic carbocycles. The normalized spacial score (nSPS) is 30.2. The van der Waals surface area contributed by atoms with E-state index >= 15 is 0 Å². The van der Waals surface area contributed by atoms with Crippen molar-refractivity contribution in [3.05, 3.63) is 11.8 Å². The Labute approximate surface area is 108 Å². The lowest BCUT2D eigenvalue weighted by atomic mass is 9.84. The molecular formula is C13H21N5. The van der Waals surface area contributed by atoms with Crippen LogP contribution in [0.15, 0.2) is 6.07 Å². The van der Waals surface area contributed by atoms with Crippen molar-refractivity contribution in [2.75, 3.05) is 37.3 Å². The first-order valence-electron chi connectivity index (χ1n) is 6.77. The van der Waals surface area contributed by atoms with Gasteiger partial charge in [0.25, 0.3) is 0 Å². The summed E-state index contributed by atoms with van der Waals surface area (Å²) in [5.41, 5.74) is 0.998. The zero-order valence-electron chi connectivity index (χ0n) is 11.1. The van der Waals surface area contributed by atoms with E-state index in [0.29, 0.717) is 12.0 Å². The molecule has 0 saturated carbocycles. The fourth-order valence-corrected chi connectivity index (χ4v) is 3.07. The molecular weight excluding hydrogens is 226 g/mol. The Kier molecular flexibility index (Phi) is 3.07. The van der Waals surface area contributed by atoms with E-state index in [0.717, 1.165) is 24.0 Å². The Morgan fingerprint density at radius 2 is 2.06 bits per heavy atom. The van der Waals surface area contributed by atoms with Gasteiger partial charge in [-0.25, -0.2) is 4.98 Å². The molecule has 0 spiro atoms. The largest absolute Gasteiger partial charge is 0.366 e. The lowest BCUT2D eigenvalue weighted by molar-refractivity contribution is 0.0974. The van der Waals surface area contributed by atoms with Crippen LogP contribution < -0.4 is 10.6 Å². The molecule has 3 aliphatic heterocycles. The van der Waals surface area contributed by atoms with E-state index in [1.807, 2.05) is 20.0 Å². The summed E-state index contributed by atoms with van der Waals surface area (Å²) in [5, 5.41) is 6.60. The standard InChI is InChI=1S/C13H21N5/c1-9-7-12(17-13(14-2)15-9)16-11-8-18-5-3-10(11)4-6-18/h7,10-11H,3-6,8H2,1-2H3,(H2,14,15,16,17). The summed E-state index contributed by atoms with van der Waals surface area (Å²) in [6.07, 6.45) is 2.64. The second-order valence-corrected chi connectivity index (χ2v) is 5.36. The zero-order valence-corrected chi connectivity index (χ0v) is 11.1. The molecule has 5 nitrogen and oxygen atoms in total. The molecule has 5 heteroatoms. The number of nitrogens with zero attached hydrogens (tertiary/aromatic N) is 3. The van der Waals surface area contributed by atoms with Crippen molar-refractivity contribution in [1.82, 2.24) is 14.9 Å². The van der Waals surface area contributed by atoms with Crippen molar-refractivity contribution in [2.24, 2.45) is 5.92 Å². The highest BCUT2D eigenvalue weighted by atomic mass is 15.2. The molecule has 3 saturated heterocycles. The zero-order chi connectivity index (χ0) is 12.5. The van der Waals surface area contributed by atoms with Crippen molar-refractivity contribution in [1.29, 1.82) is 0 Å². The molecule has 18 heavy (non-hydrogen) atoms. The molecule has 0 aromatic carbocycles. The maximum atomic E-state index is 4.48. The van der Waals surface area contributed by atoms with Gasteiger partial charge in [0.15, 0.2) is 0 Å². The number of piperidine rings is 3. The van der Waals surface area contributed by atoms with Crippen molar-refractivity contribution in [3.63, 3.8) is 0 Å². The number of hydrogen-bond acceptors (Lipinski definition) is 5. The van der Waals surface area contributed by atoms with E-state index < -0.39 is 0 Å². The van der Waals surface area contributed by atoms with E-state index in [9.17, 15) is 0 Å². The molecule has 98 valence electrons. The SMILES string of the molecule is CNc1nc(C)cc(NC2CN3CCC2CC3)n1. The number of fused-ring (bicyclic) bond motifs is 3. The topological polar surface area (TPSA) is 53.1 Å². The lowest BCUT2D eigenvalue weighted by Crippen LogP contribution is -2.53. The van der Waals surface area contributed by atoms with Gasteiger partial charge in [0.1, 0.15) is 5.82 Å². The molecule has 1 aromatic heterocycles. The third kappa shape index (κ3) is 2.27. The van der Waals surface area contributed by atoms with Gasteiger partial charge in [-0.3, -0.25) is 0 Å². The minimum atomic E-state index is 0.548. The first kappa shape index (κ1) is 11.7. The third-order valence-electron chi connectivity index (χ3n) is 4.07. The Morgan fingerprint density at radius 1 is 1.28 bits per heavy atom. The third-order valence-corrected chi connectivity index (χ3v) is 4.07. The van der Waals surface area contributed by atoms with E-state index in [-0.39, 0.29) is 0 Å². The number of aryl methyl sites for hydroxylation is 1. The Bertz CT molecular complexity index is 425. The molecule has 1 atom stereocenters. The van der Waals surface area contributed by atoms with E-state index in [1.165, 1.54) is 25.9 Å². The van der Waals surface area contributed by atoms with Crippen molar-refractivity contribution in [3.8, 4) is 0 Å². The molecule has 1 unspecified atom stereocenters. The van der Waals surface area contributed by atoms with Gasteiger partial charge in [-0.1, -0.05) is 0 Å². The van der Waals surface area contributed by atoms with Crippen LogP contribution in [0.4, 0.5) is 11.8 Å². The summed E-state index contributed by atoms with van der Waals surface area (Å²) in [5.74, 6) is 2.45. The van der Waals surface area contributed by atoms with Crippen LogP contribution in [0.25, 0.3) is 0 Å². The Balaban J connectivity index is 1.74. The highest BCUT2D eigenvalue weighted by molar-refractivity contribution is 5.43. The Hall–Kier alpha value is -1.36. The molecule has 3 fully saturated rings. The molecule has 2 bridgehead atoms. The maximum absolute atomic E-state index is 4.48. The van der Waals surface area contributed by atoms with Crippen molar-refractivity contribution < 1.29 is 0 Å². The summed E-state index contributed by atoms with van der Waals surface area (Å²) in [6.45, 7) is 5.70. The van der Waals surface area contributed by atoms with Crippen LogP contribution in [0.3, 0.4) is 0 Å². The van der Waals surface area contributed by atoms with Crippen LogP contribution >= 0.6 is 0 Å². The van der Waals surface area contributed by atoms with Crippen LogP contribution in [0, 0.1) is 12.8 Å². The van der Waals surface area contributed by atoms with Gasteiger partial charge in [0.2, 0.25) is 5.95 Å². The average molecular weight is 247 g/mol. The Morgan fingerprint density at radius 3 is 2.67 bits per heavy atom. The highest BCUT2D eigenvalue weighted by Crippen LogP contribution is 2.29. The van der Waals surface area contributed by atoms with E-state index in [2.05, 4.69) is 25.5 Å².